The van der Waals surface area contributed by atoms with Crippen molar-refractivity contribution >= 4 is 34.2 Å². The average Bonchev–Trinajstić information content (AvgIpc) is 3.47. The van der Waals surface area contributed by atoms with Gasteiger partial charge in [0, 0.05) is 25.2 Å². The van der Waals surface area contributed by atoms with Crippen LogP contribution in [0.5, 0.6) is 0 Å². The number of pyridine rings is 1. The van der Waals surface area contributed by atoms with Crippen molar-refractivity contribution in [2.24, 2.45) is 0 Å². The Balaban J connectivity index is 1.46. The number of aromatic nitrogens is 3. The average molecular weight is 452 g/mol. The molecule has 1 aromatic carbocycles. The molecule has 2 N–H and O–H groups in total. The minimum absolute atomic E-state index is 0.209. The monoisotopic (exact) mass is 451 g/mol. The van der Waals surface area contributed by atoms with Gasteiger partial charge in [-0.2, -0.15) is 5.10 Å². The van der Waals surface area contributed by atoms with Crippen LogP contribution in [0.1, 0.15) is 33.2 Å². The lowest BCUT2D eigenvalue weighted by Crippen LogP contribution is -2.34. The second kappa shape index (κ2) is 9.27. The summed E-state index contributed by atoms with van der Waals surface area (Å²) in [6.45, 7) is 4.67. The molecule has 0 saturated heterocycles. The van der Waals surface area contributed by atoms with Gasteiger partial charge in [-0.15, -0.1) is 11.3 Å². The van der Waals surface area contributed by atoms with Crippen LogP contribution >= 0.6 is 11.3 Å². The van der Waals surface area contributed by atoms with Crippen LogP contribution in [0.2, 0.25) is 0 Å². The fraction of sp³-hybridized carbons (Fsp3) is 0.217. The zero-order valence-corrected chi connectivity index (χ0v) is 18.5. The van der Waals surface area contributed by atoms with E-state index in [9.17, 15) is 14.0 Å². The van der Waals surface area contributed by atoms with E-state index in [1.807, 2.05) is 24.4 Å². The quantitative estimate of drug-likeness (QED) is 0.419. The van der Waals surface area contributed by atoms with Crippen LogP contribution in [0.4, 0.5) is 4.39 Å². The van der Waals surface area contributed by atoms with Crippen LogP contribution < -0.4 is 10.6 Å². The summed E-state index contributed by atoms with van der Waals surface area (Å²) in [5.74, 6) is -1.10. The van der Waals surface area contributed by atoms with E-state index in [2.05, 4.69) is 15.7 Å². The van der Waals surface area contributed by atoms with Crippen molar-refractivity contribution in [3.8, 4) is 10.6 Å². The maximum absolute atomic E-state index is 13.7. The van der Waals surface area contributed by atoms with Crippen LogP contribution in [0.3, 0.4) is 0 Å². The van der Waals surface area contributed by atoms with Crippen molar-refractivity contribution in [2.75, 3.05) is 13.1 Å². The van der Waals surface area contributed by atoms with Crippen molar-refractivity contribution in [3.05, 3.63) is 70.5 Å². The number of carbonyl (C=O) groups is 2. The smallest absolute Gasteiger partial charge is 0.252 e. The number of hydrogen-bond donors (Lipinski definition) is 2. The van der Waals surface area contributed by atoms with Crippen LogP contribution in [-0.4, -0.2) is 39.7 Å². The summed E-state index contributed by atoms with van der Waals surface area (Å²) >= 11 is 1.55. The molecule has 0 aliphatic rings. The predicted molar refractivity (Wildman–Crippen MR) is 122 cm³/mol. The topological polar surface area (TPSA) is 88.9 Å². The van der Waals surface area contributed by atoms with E-state index in [4.69, 9.17) is 4.98 Å². The molecule has 0 bridgehead atoms. The lowest BCUT2D eigenvalue weighted by Gasteiger charge is -2.10. The largest absolute Gasteiger partial charge is 0.350 e. The number of halogens is 1. The van der Waals surface area contributed by atoms with Gasteiger partial charge in [0.25, 0.3) is 11.8 Å². The van der Waals surface area contributed by atoms with Gasteiger partial charge < -0.3 is 10.6 Å². The number of amides is 2. The summed E-state index contributed by atoms with van der Waals surface area (Å²) in [7, 11) is 0. The predicted octanol–water partition coefficient (Wildman–Crippen LogP) is 3.79. The number of fused-ring (bicyclic) bond motifs is 1. The summed E-state index contributed by atoms with van der Waals surface area (Å²) in [5.41, 5.74) is 2.56. The molecule has 0 radical (unpaired) electrons. The van der Waals surface area contributed by atoms with Gasteiger partial charge in [0.05, 0.1) is 27.7 Å². The molecule has 3 heterocycles. The highest BCUT2D eigenvalue weighted by Crippen LogP contribution is 2.27. The molecule has 0 saturated carbocycles. The van der Waals surface area contributed by atoms with Crippen molar-refractivity contribution < 1.29 is 14.0 Å². The molecule has 0 aliphatic heterocycles. The summed E-state index contributed by atoms with van der Waals surface area (Å²) in [4.78, 5) is 30.8. The number of nitrogens with one attached hydrogen (secondary N) is 2. The van der Waals surface area contributed by atoms with Gasteiger partial charge in [-0.05, 0) is 49.1 Å². The maximum Gasteiger partial charge on any atom is 0.252 e. The third kappa shape index (κ3) is 4.38. The molecule has 0 atom stereocenters. The third-order valence-electron chi connectivity index (χ3n) is 5.06. The van der Waals surface area contributed by atoms with Crippen LogP contribution in [0.25, 0.3) is 21.6 Å². The van der Waals surface area contributed by atoms with Gasteiger partial charge in [-0.25, -0.2) is 14.1 Å². The van der Waals surface area contributed by atoms with E-state index < -0.39 is 11.7 Å². The molecule has 0 unspecified atom stereocenters. The van der Waals surface area contributed by atoms with Crippen molar-refractivity contribution in [2.45, 2.75) is 20.4 Å². The standard InChI is InChI=1S/C23H22FN5O2S/c1-3-29-21-17(13-27-29)16(12-19(28-21)20-5-4-10-32-20)23(31)26-9-8-25-22(30)15-7-6-14(2)18(24)11-15/h4-7,10-13H,3,8-9H2,1-2H3,(H,25,30)(H,26,31). The normalized spacial score (nSPS) is 11.0. The number of aryl methyl sites for hydroxylation is 2. The molecule has 4 rings (SSSR count). The fourth-order valence-electron chi connectivity index (χ4n) is 3.30. The molecule has 0 fully saturated rings. The lowest BCUT2D eigenvalue weighted by atomic mass is 10.1. The van der Waals surface area contributed by atoms with Gasteiger partial charge in [-0.1, -0.05) is 12.1 Å². The fourth-order valence-corrected chi connectivity index (χ4v) is 3.99. The van der Waals surface area contributed by atoms with Crippen molar-refractivity contribution in [3.63, 3.8) is 0 Å². The Morgan fingerprint density at radius 1 is 1.12 bits per heavy atom. The first-order valence-corrected chi connectivity index (χ1v) is 11.1. The van der Waals surface area contributed by atoms with Gasteiger partial charge >= 0.3 is 0 Å². The summed E-state index contributed by atoms with van der Waals surface area (Å²) in [6.07, 6.45) is 1.65. The molecule has 9 heteroatoms. The molecule has 7 nitrogen and oxygen atoms in total. The van der Waals surface area contributed by atoms with E-state index in [1.165, 1.54) is 6.07 Å². The Bertz CT molecular complexity index is 1280. The van der Waals surface area contributed by atoms with Gasteiger partial charge in [0.2, 0.25) is 0 Å². The SMILES string of the molecule is CCn1ncc2c(C(=O)NCCNC(=O)c3ccc(C)c(F)c3)cc(-c3cccs3)nc21. The van der Waals surface area contributed by atoms with Crippen LogP contribution in [-0.2, 0) is 6.54 Å². The van der Waals surface area contributed by atoms with E-state index in [0.717, 1.165) is 4.88 Å². The lowest BCUT2D eigenvalue weighted by molar-refractivity contribution is 0.0928. The summed E-state index contributed by atoms with van der Waals surface area (Å²) in [5, 5.41) is 12.5. The highest BCUT2D eigenvalue weighted by Gasteiger charge is 2.17. The number of carbonyl (C=O) groups excluding carboxylic acids is 2. The summed E-state index contributed by atoms with van der Waals surface area (Å²) < 4.78 is 15.4. The van der Waals surface area contributed by atoms with Crippen molar-refractivity contribution in [1.82, 2.24) is 25.4 Å². The zero-order valence-electron chi connectivity index (χ0n) is 17.7. The second-order valence-electron chi connectivity index (χ2n) is 7.21. The first kappa shape index (κ1) is 21.6. The Kier molecular flexibility index (Phi) is 6.27. The third-order valence-corrected chi connectivity index (χ3v) is 5.95. The minimum atomic E-state index is -0.429. The Morgan fingerprint density at radius 3 is 2.59 bits per heavy atom. The Hall–Kier alpha value is -3.59. The van der Waals surface area contributed by atoms with Gasteiger partial charge in [0.15, 0.2) is 5.65 Å². The molecule has 32 heavy (non-hydrogen) atoms. The molecule has 164 valence electrons. The zero-order chi connectivity index (χ0) is 22.7. The van der Waals surface area contributed by atoms with Crippen molar-refractivity contribution in [1.29, 1.82) is 0 Å². The van der Waals surface area contributed by atoms with Crippen LogP contribution in [0.15, 0.2) is 48.0 Å². The minimum Gasteiger partial charge on any atom is -0.350 e. The molecule has 2 amide bonds. The number of benzene rings is 1. The van der Waals surface area contributed by atoms with E-state index in [0.29, 0.717) is 34.4 Å². The highest BCUT2D eigenvalue weighted by molar-refractivity contribution is 7.13. The first-order chi connectivity index (χ1) is 15.5. The number of rotatable bonds is 7. The van der Waals surface area contributed by atoms with Gasteiger partial charge in [-0.3, -0.25) is 9.59 Å². The summed E-state index contributed by atoms with van der Waals surface area (Å²) in [6, 6.07) is 9.98. The molecular formula is C23H22FN5O2S. The number of thiophene rings is 1. The van der Waals surface area contributed by atoms with Gasteiger partial charge in [0.1, 0.15) is 5.82 Å². The Labute approximate surface area is 188 Å². The second-order valence-corrected chi connectivity index (χ2v) is 8.15. The number of hydrogen-bond acceptors (Lipinski definition) is 5. The maximum atomic E-state index is 13.7. The first-order valence-electron chi connectivity index (χ1n) is 10.2. The Morgan fingerprint density at radius 2 is 1.91 bits per heavy atom. The molecule has 3 aromatic heterocycles. The molecule has 0 spiro atoms. The molecule has 0 aliphatic carbocycles. The number of nitrogens with zero attached hydrogens (tertiary/aromatic N) is 3. The highest BCUT2D eigenvalue weighted by atomic mass is 32.1. The van der Waals surface area contributed by atoms with Crippen LogP contribution in [0, 0.1) is 12.7 Å². The van der Waals surface area contributed by atoms with E-state index in [1.54, 1.807) is 47.3 Å². The molecular weight excluding hydrogens is 429 g/mol. The van der Waals surface area contributed by atoms with E-state index in [-0.39, 0.29) is 24.6 Å². The molecule has 4 aromatic rings. The van der Waals surface area contributed by atoms with E-state index >= 15 is 0 Å².